The van der Waals surface area contributed by atoms with Gasteiger partial charge >= 0.3 is 0 Å². The molecule has 0 aliphatic carbocycles. The lowest BCUT2D eigenvalue weighted by Gasteiger charge is -2.09. The van der Waals surface area contributed by atoms with Crippen molar-refractivity contribution in [3.8, 4) is 5.75 Å². The smallest absolute Gasteiger partial charge is 0.244 e. The number of hydrogen-bond donors (Lipinski definition) is 2. The Morgan fingerprint density at radius 1 is 1.12 bits per heavy atom. The molecular formula is C18H17Cl2N5O. The minimum absolute atomic E-state index is 0.433. The first-order valence-electron chi connectivity index (χ1n) is 7.92. The van der Waals surface area contributed by atoms with Crippen molar-refractivity contribution < 1.29 is 4.74 Å². The zero-order valence-electron chi connectivity index (χ0n) is 14.0. The summed E-state index contributed by atoms with van der Waals surface area (Å²) in [7, 11) is 1.66. The summed E-state index contributed by atoms with van der Waals surface area (Å²) in [5.41, 5.74) is 1.85. The van der Waals surface area contributed by atoms with Crippen LogP contribution in [-0.2, 0) is 6.42 Å². The van der Waals surface area contributed by atoms with Gasteiger partial charge in [0.2, 0.25) is 5.95 Å². The van der Waals surface area contributed by atoms with Crippen molar-refractivity contribution in [3.05, 3.63) is 64.3 Å². The van der Waals surface area contributed by atoms with Gasteiger partial charge in [0.25, 0.3) is 0 Å². The number of halogens is 2. The van der Waals surface area contributed by atoms with Gasteiger partial charge in [-0.3, -0.25) is 0 Å². The molecule has 3 aromatic rings. The Labute approximate surface area is 161 Å². The van der Waals surface area contributed by atoms with Crippen LogP contribution in [0.4, 0.5) is 17.5 Å². The lowest BCUT2D eigenvalue weighted by molar-refractivity contribution is 0.414. The number of aromatic nitrogens is 3. The van der Waals surface area contributed by atoms with E-state index in [2.05, 4.69) is 25.8 Å². The number of methoxy groups -OCH3 is 1. The monoisotopic (exact) mass is 389 g/mol. The molecule has 0 amide bonds. The lowest BCUT2D eigenvalue weighted by Crippen LogP contribution is -2.09. The van der Waals surface area contributed by atoms with Gasteiger partial charge in [-0.15, -0.1) is 5.10 Å². The Kier molecular flexibility index (Phi) is 6.09. The van der Waals surface area contributed by atoms with Gasteiger partial charge in [-0.1, -0.05) is 35.3 Å². The van der Waals surface area contributed by atoms with E-state index in [-0.39, 0.29) is 0 Å². The van der Waals surface area contributed by atoms with E-state index in [1.165, 1.54) is 6.20 Å². The molecule has 0 saturated heterocycles. The summed E-state index contributed by atoms with van der Waals surface area (Å²) in [4.78, 5) is 4.38. The van der Waals surface area contributed by atoms with Crippen LogP contribution in [0.15, 0.2) is 48.7 Å². The average Bonchev–Trinajstić information content (AvgIpc) is 2.65. The van der Waals surface area contributed by atoms with Crippen molar-refractivity contribution in [2.45, 2.75) is 6.42 Å². The quantitative estimate of drug-likeness (QED) is 0.615. The van der Waals surface area contributed by atoms with Crippen molar-refractivity contribution in [1.82, 2.24) is 15.2 Å². The molecule has 2 aromatic carbocycles. The molecule has 6 nitrogen and oxygen atoms in total. The Morgan fingerprint density at radius 3 is 2.81 bits per heavy atom. The van der Waals surface area contributed by atoms with Crippen LogP contribution in [0.3, 0.4) is 0 Å². The number of ether oxygens (including phenoxy) is 1. The largest absolute Gasteiger partial charge is 0.497 e. The second kappa shape index (κ2) is 8.69. The highest BCUT2D eigenvalue weighted by Gasteiger charge is 2.05. The third-order valence-electron chi connectivity index (χ3n) is 3.58. The highest BCUT2D eigenvalue weighted by Crippen LogP contribution is 2.27. The minimum Gasteiger partial charge on any atom is -0.497 e. The van der Waals surface area contributed by atoms with Crippen LogP contribution < -0.4 is 15.4 Å². The summed E-state index contributed by atoms with van der Waals surface area (Å²) in [6.45, 7) is 0.667. The van der Waals surface area contributed by atoms with Crippen molar-refractivity contribution in [2.24, 2.45) is 0 Å². The number of hydrogen-bond acceptors (Lipinski definition) is 6. The summed E-state index contributed by atoms with van der Waals surface area (Å²) in [6.07, 6.45) is 2.33. The van der Waals surface area contributed by atoms with Gasteiger partial charge in [-0.2, -0.15) is 10.1 Å². The second-order valence-corrected chi connectivity index (χ2v) is 6.29. The minimum atomic E-state index is 0.433. The standard InChI is InChI=1S/C18H17Cl2N5O/c1-26-14-4-2-3-12(9-14)7-8-21-18-24-17(11-22-25-18)23-16-6-5-13(19)10-15(16)20/h2-6,9-11H,7-8H2,1H3,(H2,21,23,24,25). The first-order valence-corrected chi connectivity index (χ1v) is 8.68. The molecule has 0 saturated carbocycles. The third kappa shape index (κ3) is 4.97. The SMILES string of the molecule is COc1cccc(CCNc2nncc(Nc3ccc(Cl)cc3Cl)n2)c1. The maximum absolute atomic E-state index is 6.16. The molecule has 1 aromatic heterocycles. The second-order valence-electron chi connectivity index (χ2n) is 5.44. The van der Waals surface area contributed by atoms with E-state index >= 15 is 0 Å². The highest BCUT2D eigenvalue weighted by molar-refractivity contribution is 6.36. The third-order valence-corrected chi connectivity index (χ3v) is 4.13. The molecule has 0 fully saturated rings. The first kappa shape index (κ1) is 18.2. The summed E-state index contributed by atoms with van der Waals surface area (Å²) < 4.78 is 5.23. The lowest BCUT2D eigenvalue weighted by atomic mass is 10.1. The molecule has 0 aliphatic rings. The maximum atomic E-state index is 6.16. The van der Waals surface area contributed by atoms with Gasteiger partial charge in [0.15, 0.2) is 5.82 Å². The first-order chi connectivity index (χ1) is 12.6. The number of benzene rings is 2. The molecule has 2 N–H and O–H groups in total. The fourth-order valence-corrected chi connectivity index (χ4v) is 2.77. The molecule has 0 aliphatic heterocycles. The van der Waals surface area contributed by atoms with Crippen molar-refractivity contribution in [1.29, 1.82) is 0 Å². The number of anilines is 3. The molecule has 0 unspecified atom stereocenters. The van der Waals surface area contributed by atoms with E-state index in [0.717, 1.165) is 17.7 Å². The molecule has 26 heavy (non-hydrogen) atoms. The molecule has 8 heteroatoms. The van der Waals surface area contributed by atoms with Gasteiger partial charge in [-0.05, 0) is 42.3 Å². The van der Waals surface area contributed by atoms with Crippen LogP contribution in [0.25, 0.3) is 0 Å². The van der Waals surface area contributed by atoms with E-state index in [1.807, 2.05) is 24.3 Å². The van der Waals surface area contributed by atoms with Crippen LogP contribution in [0.1, 0.15) is 5.56 Å². The predicted octanol–water partition coefficient (Wildman–Crippen LogP) is 4.59. The maximum Gasteiger partial charge on any atom is 0.244 e. The van der Waals surface area contributed by atoms with Crippen LogP contribution >= 0.6 is 23.2 Å². The Hall–Kier alpha value is -2.57. The zero-order chi connectivity index (χ0) is 18.4. The number of nitrogens with one attached hydrogen (secondary N) is 2. The predicted molar refractivity (Wildman–Crippen MR) is 105 cm³/mol. The van der Waals surface area contributed by atoms with E-state index in [4.69, 9.17) is 27.9 Å². The summed E-state index contributed by atoms with van der Waals surface area (Å²) in [5, 5.41) is 15.3. The highest BCUT2D eigenvalue weighted by atomic mass is 35.5. The van der Waals surface area contributed by atoms with Crippen LogP contribution in [0, 0.1) is 0 Å². The van der Waals surface area contributed by atoms with Crippen LogP contribution in [0.5, 0.6) is 5.75 Å². The van der Waals surface area contributed by atoms with Gasteiger partial charge in [-0.25, -0.2) is 0 Å². The molecule has 3 rings (SSSR count). The van der Waals surface area contributed by atoms with E-state index < -0.39 is 0 Å². The van der Waals surface area contributed by atoms with Gasteiger partial charge in [0.05, 0.1) is 24.0 Å². The molecule has 1 heterocycles. The molecule has 0 spiro atoms. The molecule has 0 bridgehead atoms. The average molecular weight is 390 g/mol. The van der Waals surface area contributed by atoms with E-state index in [9.17, 15) is 0 Å². The molecular weight excluding hydrogens is 373 g/mol. The summed E-state index contributed by atoms with van der Waals surface area (Å²) >= 11 is 12.1. The fraction of sp³-hybridized carbons (Fsp3) is 0.167. The number of nitrogens with zero attached hydrogens (tertiary/aromatic N) is 3. The number of rotatable bonds is 7. The van der Waals surface area contributed by atoms with Gasteiger partial charge in [0.1, 0.15) is 5.75 Å². The van der Waals surface area contributed by atoms with Gasteiger partial charge < -0.3 is 15.4 Å². The van der Waals surface area contributed by atoms with E-state index in [1.54, 1.807) is 25.3 Å². The summed E-state index contributed by atoms with van der Waals surface area (Å²) in [6, 6.07) is 13.1. The van der Waals surface area contributed by atoms with E-state index in [0.29, 0.717) is 34.0 Å². The normalized spacial score (nSPS) is 10.4. The van der Waals surface area contributed by atoms with Crippen LogP contribution in [-0.4, -0.2) is 28.8 Å². The zero-order valence-corrected chi connectivity index (χ0v) is 15.6. The Morgan fingerprint density at radius 2 is 2.00 bits per heavy atom. The topological polar surface area (TPSA) is 72.0 Å². The van der Waals surface area contributed by atoms with Crippen molar-refractivity contribution in [3.63, 3.8) is 0 Å². The molecule has 0 atom stereocenters. The summed E-state index contributed by atoms with van der Waals surface area (Å²) in [5.74, 6) is 1.81. The Balaban J connectivity index is 1.60. The van der Waals surface area contributed by atoms with Crippen molar-refractivity contribution in [2.75, 3.05) is 24.3 Å². The fourth-order valence-electron chi connectivity index (χ4n) is 2.31. The van der Waals surface area contributed by atoms with Crippen molar-refractivity contribution >= 4 is 40.7 Å². The molecule has 0 radical (unpaired) electrons. The van der Waals surface area contributed by atoms with Gasteiger partial charge in [0, 0.05) is 11.6 Å². The van der Waals surface area contributed by atoms with Crippen LogP contribution in [0.2, 0.25) is 10.0 Å². The Bertz CT molecular complexity index is 891. The molecule has 134 valence electrons.